The highest BCUT2D eigenvalue weighted by Crippen LogP contribution is 2.21. The van der Waals surface area contributed by atoms with Crippen molar-refractivity contribution in [1.82, 2.24) is 0 Å². The number of nitrogens with zero attached hydrogens (tertiary/aromatic N) is 1. The molecule has 0 radical (unpaired) electrons. The number of aliphatic imine (C=N–C) groups is 1. The van der Waals surface area contributed by atoms with Gasteiger partial charge < -0.3 is 4.99 Å². The third-order valence-electron chi connectivity index (χ3n) is 2.01. The number of rotatable bonds is 1. The lowest BCUT2D eigenvalue weighted by Crippen LogP contribution is -2.06. The monoisotopic (exact) mass is 125 g/mol. The molecule has 9 heavy (non-hydrogen) atoms. The van der Waals surface area contributed by atoms with Crippen LogP contribution in [0.4, 0.5) is 0 Å². The third-order valence-corrected chi connectivity index (χ3v) is 2.01. The van der Waals surface area contributed by atoms with Gasteiger partial charge in [0.1, 0.15) is 0 Å². The van der Waals surface area contributed by atoms with E-state index in [0.717, 1.165) is 5.92 Å². The van der Waals surface area contributed by atoms with Crippen LogP contribution in [0.2, 0.25) is 0 Å². The fourth-order valence-electron chi connectivity index (χ4n) is 1.49. The van der Waals surface area contributed by atoms with Crippen LogP contribution in [0.25, 0.3) is 0 Å². The van der Waals surface area contributed by atoms with Gasteiger partial charge in [0.2, 0.25) is 0 Å². The normalized spacial score (nSPS) is 23.2. The second kappa shape index (κ2) is 3.65. The minimum Gasteiger partial charge on any atom is -0.301 e. The Morgan fingerprint density at radius 2 is 1.89 bits per heavy atom. The fraction of sp³-hybridized carbons (Fsp3) is 0.875. The van der Waals surface area contributed by atoms with Crippen LogP contribution in [0.3, 0.4) is 0 Å². The standard InChI is InChI=1S/C8H15N/c1-9-7-8-5-3-2-4-6-8/h7-8H,2-6H2,1H3/b9-7-. The van der Waals surface area contributed by atoms with Gasteiger partial charge in [0, 0.05) is 13.3 Å². The quantitative estimate of drug-likeness (QED) is 0.477. The maximum Gasteiger partial charge on any atom is 0.0273 e. The molecule has 1 nitrogen and oxygen atoms in total. The molecule has 0 spiro atoms. The maximum absolute atomic E-state index is 4.03. The predicted octanol–water partition coefficient (Wildman–Crippen LogP) is 2.27. The van der Waals surface area contributed by atoms with Crippen LogP contribution < -0.4 is 0 Å². The molecule has 1 aliphatic rings. The molecule has 52 valence electrons. The molecule has 0 N–H and O–H groups in total. The smallest absolute Gasteiger partial charge is 0.0273 e. The molecular formula is C8H15N. The van der Waals surface area contributed by atoms with E-state index in [1.165, 1.54) is 32.1 Å². The molecule has 1 aliphatic carbocycles. The van der Waals surface area contributed by atoms with E-state index in [0.29, 0.717) is 0 Å². The minimum absolute atomic E-state index is 0.809. The van der Waals surface area contributed by atoms with E-state index in [1.807, 2.05) is 7.05 Å². The van der Waals surface area contributed by atoms with Gasteiger partial charge >= 0.3 is 0 Å². The van der Waals surface area contributed by atoms with Crippen molar-refractivity contribution in [3.63, 3.8) is 0 Å². The number of hydrogen-bond acceptors (Lipinski definition) is 1. The van der Waals surface area contributed by atoms with Gasteiger partial charge in [0.15, 0.2) is 0 Å². The average molecular weight is 125 g/mol. The Kier molecular flexibility index (Phi) is 2.75. The average Bonchev–Trinajstić information content (AvgIpc) is 1.91. The van der Waals surface area contributed by atoms with Gasteiger partial charge in [-0.25, -0.2) is 0 Å². The maximum atomic E-state index is 4.03. The Hall–Kier alpha value is -0.330. The van der Waals surface area contributed by atoms with Crippen LogP contribution in [0.1, 0.15) is 32.1 Å². The lowest BCUT2D eigenvalue weighted by molar-refractivity contribution is 0.445. The van der Waals surface area contributed by atoms with Crippen LogP contribution >= 0.6 is 0 Å². The van der Waals surface area contributed by atoms with Gasteiger partial charge in [0.05, 0.1) is 0 Å². The third kappa shape index (κ3) is 2.17. The lowest BCUT2D eigenvalue weighted by Gasteiger charge is -2.16. The first-order chi connectivity index (χ1) is 4.43. The lowest BCUT2D eigenvalue weighted by atomic mass is 9.90. The molecule has 0 aromatic rings. The topological polar surface area (TPSA) is 12.4 Å². The van der Waals surface area contributed by atoms with Gasteiger partial charge in [-0.05, 0) is 18.8 Å². The highest BCUT2D eigenvalue weighted by molar-refractivity contribution is 5.60. The molecule has 0 aromatic heterocycles. The zero-order chi connectivity index (χ0) is 6.53. The molecule has 1 saturated carbocycles. The molecule has 0 bridgehead atoms. The Morgan fingerprint density at radius 1 is 1.22 bits per heavy atom. The van der Waals surface area contributed by atoms with Gasteiger partial charge in [-0.2, -0.15) is 0 Å². The van der Waals surface area contributed by atoms with Crippen molar-refractivity contribution in [2.45, 2.75) is 32.1 Å². The van der Waals surface area contributed by atoms with Crippen molar-refractivity contribution in [3.8, 4) is 0 Å². The molecule has 0 unspecified atom stereocenters. The second-order valence-electron chi connectivity index (χ2n) is 2.81. The molecule has 0 heterocycles. The summed E-state index contributed by atoms with van der Waals surface area (Å²) < 4.78 is 0. The molecule has 0 atom stereocenters. The minimum atomic E-state index is 0.809. The van der Waals surface area contributed by atoms with Crippen LogP contribution in [-0.4, -0.2) is 13.3 Å². The Balaban J connectivity index is 2.23. The molecular weight excluding hydrogens is 110 g/mol. The summed E-state index contributed by atoms with van der Waals surface area (Å²) in [7, 11) is 1.87. The molecule has 0 amide bonds. The van der Waals surface area contributed by atoms with Crippen molar-refractivity contribution in [3.05, 3.63) is 0 Å². The van der Waals surface area contributed by atoms with Crippen LogP contribution in [0, 0.1) is 5.92 Å². The molecule has 0 saturated heterocycles. The predicted molar refractivity (Wildman–Crippen MR) is 41.0 cm³/mol. The Morgan fingerprint density at radius 3 is 2.44 bits per heavy atom. The van der Waals surface area contributed by atoms with Crippen molar-refractivity contribution in [1.29, 1.82) is 0 Å². The van der Waals surface area contributed by atoms with Crippen molar-refractivity contribution in [2.75, 3.05) is 7.05 Å². The SMILES string of the molecule is C/N=C\C1CCCCC1. The van der Waals surface area contributed by atoms with Crippen LogP contribution in [0.5, 0.6) is 0 Å². The second-order valence-corrected chi connectivity index (χ2v) is 2.81. The van der Waals surface area contributed by atoms with Crippen molar-refractivity contribution >= 4 is 6.21 Å². The summed E-state index contributed by atoms with van der Waals surface area (Å²) in [5.41, 5.74) is 0. The summed E-state index contributed by atoms with van der Waals surface area (Å²) in [6.45, 7) is 0. The number of hydrogen-bond donors (Lipinski definition) is 0. The first-order valence-electron chi connectivity index (χ1n) is 3.86. The summed E-state index contributed by atoms with van der Waals surface area (Å²) in [5.74, 6) is 0.809. The van der Waals surface area contributed by atoms with Gasteiger partial charge in [-0.3, -0.25) is 0 Å². The highest BCUT2D eigenvalue weighted by Gasteiger charge is 2.09. The Bertz CT molecular complexity index is 90.7. The van der Waals surface area contributed by atoms with Gasteiger partial charge in [-0.15, -0.1) is 0 Å². The van der Waals surface area contributed by atoms with Crippen LogP contribution in [0.15, 0.2) is 4.99 Å². The molecule has 0 aliphatic heterocycles. The summed E-state index contributed by atoms with van der Waals surface area (Å²) >= 11 is 0. The van der Waals surface area contributed by atoms with Crippen molar-refractivity contribution < 1.29 is 0 Å². The fourth-order valence-corrected chi connectivity index (χ4v) is 1.49. The first-order valence-corrected chi connectivity index (χ1v) is 3.86. The molecule has 1 rings (SSSR count). The van der Waals surface area contributed by atoms with E-state index in [-0.39, 0.29) is 0 Å². The molecule has 0 aromatic carbocycles. The largest absolute Gasteiger partial charge is 0.301 e. The van der Waals surface area contributed by atoms with E-state index in [1.54, 1.807) is 0 Å². The van der Waals surface area contributed by atoms with Crippen molar-refractivity contribution in [2.24, 2.45) is 10.9 Å². The molecule has 1 fully saturated rings. The van der Waals surface area contributed by atoms with Gasteiger partial charge in [0.25, 0.3) is 0 Å². The summed E-state index contributed by atoms with van der Waals surface area (Å²) in [6, 6.07) is 0. The summed E-state index contributed by atoms with van der Waals surface area (Å²) in [6.07, 6.45) is 9.12. The summed E-state index contributed by atoms with van der Waals surface area (Å²) in [4.78, 5) is 4.03. The summed E-state index contributed by atoms with van der Waals surface area (Å²) in [5, 5.41) is 0. The van der Waals surface area contributed by atoms with E-state index >= 15 is 0 Å². The van der Waals surface area contributed by atoms with E-state index in [9.17, 15) is 0 Å². The molecule has 1 heteroatoms. The first kappa shape index (κ1) is 6.79. The highest BCUT2D eigenvalue weighted by atomic mass is 14.6. The Labute approximate surface area is 57.2 Å². The van der Waals surface area contributed by atoms with E-state index in [4.69, 9.17) is 0 Å². The van der Waals surface area contributed by atoms with Gasteiger partial charge in [-0.1, -0.05) is 19.3 Å². The van der Waals surface area contributed by atoms with E-state index in [2.05, 4.69) is 11.2 Å². The van der Waals surface area contributed by atoms with E-state index < -0.39 is 0 Å². The zero-order valence-corrected chi connectivity index (χ0v) is 6.14. The zero-order valence-electron chi connectivity index (χ0n) is 6.14. The van der Waals surface area contributed by atoms with Crippen LogP contribution in [-0.2, 0) is 0 Å².